The molecule has 0 saturated heterocycles. The fourth-order valence-electron chi connectivity index (χ4n) is 7.45. The molecule has 0 aliphatic heterocycles. The molecule has 0 N–H and O–H groups in total. The molecule has 0 amide bonds. The van der Waals surface area contributed by atoms with Gasteiger partial charge in [0.25, 0.3) is 0 Å². The van der Waals surface area contributed by atoms with E-state index in [4.69, 9.17) is 0 Å². The molecular weight excluding hydrogens is 300 g/mol. The van der Waals surface area contributed by atoms with Gasteiger partial charge in [-0.05, 0) is 85.2 Å². The van der Waals surface area contributed by atoms with Crippen molar-refractivity contribution in [3.8, 4) is 0 Å². The molecule has 1 aromatic rings. The van der Waals surface area contributed by atoms with Crippen molar-refractivity contribution in [1.82, 2.24) is 0 Å². The molecular formula is C25H34. The smallest absolute Gasteiger partial charge is 0.00273 e. The van der Waals surface area contributed by atoms with Gasteiger partial charge in [-0.1, -0.05) is 62.6 Å². The Morgan fingerprint density at radius 2 is 1.76 bits per heavy atom. The van der Waals surface area contributed by atoms with Crippen LogP contribution in [0.5, 0.6) is 0 Å². The zero-order chi connectivity index (χ0) is 16.8. The number of hydrogen-bond donors (Lipinski definition) is 0. The van der Waals surface area contributed by atoms with E-state index in [1.165, 1.54) is 31.2 Å². The zero-order valence-electron chi connectivity index (χ0n) is 15.9. The highest BCUT2D eigenvalue weighted by Gasteiger charge is 2.48. The first-order valence-electron chi connectivity index (χ1n) is 11.1. The Hall–Kier alpha value is -1.04. The molecule has 4 aliphatic rings. The van der Waals surface area contributed by atoms with E-state index in [-0.39, 0.29) is 0 Å². The molecule has 0 bridgehead atoms. The summed E-state index contributed by atoms with van der Waals surface area (Å²) in [4.78, 5) is 0. The lowest BCUT2D eigenvalue weighted by Gasteiger charge is -2.44. The first kappa shape index (κ1) is 16.2. The van der Waals surface area contributed by atoms with Crippen LogP contribution in [-0.2, 0) is 0 Å². The van der Waals surface area contributed by atoms with Gasteiger partial charge in [-0.15, -0.1) is 0 Å². The second-order valence-corrected chi connectivity index (χ2v) is 9.66. The number of benzene rings is 1. The van der Waals surface area contributed by atoms with Crippen LogP contribution in [0.2, 0.25) is 0 Å². The average Bonchev–Trinajstić information content (AvgIpc) is 3.20. The lowest BCUT2D eigenvalue weighted by Crippen LogP contribution is -2.35. The minimum atomic E-state index is 0.688. The van der Waals surface area contributed by atoms with Crippen molar-refractivity contribution in [2.75, 3.05) is 0 Å². The molecule has 3 fully saturated rings. The van der Waals surface area contributed by atoms with Crippen molar-refractivity contribution in [2.45, 2.75) is 70.6 Å². The van der Waals surface area contributed by atoms with Gasteiger partial charge in [-0.3, -0.25) is 0 Å². The molecule has 0 heteroatoms. The van der Waals surface area contributed by atoms with Crippen molar-refractivity contribution in [2.24, 2.45) is 35.5 Å². The molecule has 134 valence electrons. The summed E-state index contributed by atoms with van der Waals surface area (Å²) in [5, 5.41) is 0. The third-order valence-electron chi connectivity index (χ3n) is 8.58. The van der Waals surface area contributed by atoms with Crippen molar-refractivity contribution in [3.05, 3.63) is 41.5 Å². The third kappa shape index (κ3) is 2.81. The van der Waals surface area contributed by atoms with Crippen LogP contribution in [0.1, 0.15) is 81.8 Å². The van der Waals surface area contributed by atoms with Crippen molar-refractivity contribution >= 4 is 6.08 Å². The van der Waals surface area contributed by atoms with E-state index in [2.05, 4.69) is 43.3 Å². The fourth-order valence-corrected chi connectivity index (χ4v) is 7.45. The van der Waals surface area contributed by atoms with E-state index >= 15 is 0 Å². The predicted molar refractivity (Wildman–Crippen MR) is 106 cm³/mol. The molecule has 0 radical (unpaired) electrons. The van der Waals surface area contributed by atoms with Crippen LogP contribution in [-0.4, -0.2) is 0 Å². The first-order chi connectivity index (χ1) is 12.3. The highest BCUT2D eigenvalue weighted by molar-refractivity contribution is 5.62. The molecule has 25 heavy (non-hydrogen) atoms. The number of hydrogen-bond acceptors (Lipinski definition) is 0. The van der Waals surface area contributed by atoms with Crippen LogP contribution in [0.25, 0.3) is 6.08 Å². The van der Waals surface area contributed by atoms with Gasteiger partial charge >= 0.3 is 0 Å². The third-order valence-corrected chi connectivity index (χ3v) is 8.58. The summed E-state index contributed by atoms with van der Waals surface area (Å²) >= 11 is 0. The van der Waals surface area contributed by atoms with E-state index in [1.54, 1.807) is 37.7 Å². The second-order valence-electron chi connectivity index (χ2n) is 9.66. The average molecular weight is 335 g/mol. The van der Waals surface area contributed by atoms with Crippen LogP contribution >= 0.6 is 0 Å². The number of fused-ring (bicyclic) bond motifs is 4. The van der Waals surface area contributed by atoms with Crippen molar-refractivity contribution in [3.63, 3.8) is 0 Å². The summed E-state index contributed by atoms with van der Waals surface area (Å²) in [5.74, 6) is 7.02. The Bertz CT molecular complexity index is 641. The summed E-state index contributed by atoms with van der Waals surface area (Å²) in [6.07, 6.45) is 18.5. The minimum Gasteiger partial charge on any atom is -0.0764 e. The maximum atomic E-state index is 2.58. The van der Waals surface area contributed by atoms with E-state index in [0.29, 0.717) is 5.92 Å². The van der Waals surface area contributed by atoms with Gasteiger partial charge in [-0.2, -0.15) is 0 Å². The molecule has 3 saturated carbocycles. The van der Waals surface area contributed by atoms with Gasteiger partial charge in [0.2, 0.25) is 0 Å². The van der Waals surface area contributed by atoms with Crippen LogP contribution < -0.4 is 0 Å². The molecule has 5 rings (SSSR count). The Morgan fingerprint density at radius 3 is 2.72 bits per heavy atom. The molecule has 0 spiro atoms. The first-order valence-corrected chi connectivity index (χ1v) is 11.1. The number of allylic oxidation sites excluding steroid dienone is 1. The van der Waals surface area contributed by atoms with Crippen LogP contribution in [0, 0.1) is 35.5 Å². The van der Waals surface area contributed by atoms with Crippen LogP contribution in [0.4, 0.5) is 0 Å². The highest BCUT2D eigenvalue weighted by atomic mass is 14.5. The molecule has 4 aliphatic carbocycles. The maximum Gasteiger partial charge on any atom is 0.00273 e. The van der Waals surface area contributed by atoms with Gasteiger partial charge in [0.1, 0.15) is 0 Å². The van der Waals surface area contributed by atoms with Gasteiger partial charge < -0.3 is 0 Å². The topological polar surface area (TPSA) is 0 Å². The van der Waals surface area contributed by atoms with Gasteiger partial charge in [-0.25, -0.2) is 0 Å². The van der Waals surface area contributed by atoms with Crippen LogP contribution in [0.15, 0.2) is 30.3 Å². The monoisotopic (exact) mass is 334 g/mol. The van der Waals surface area contributed by atoms with Gasteiger partial charge in [0, 0.05) is 5.92 Å². The predicted octanol–water partition coefficient (Wildman–Crippen LogP) is 7.07. The molecule has 7 atom stereocenters. The fraction of sp³-hybridized carbons (Fsp3) is 0.680. The number of rotatable bonds is 3. The summed E-state index contributed by atoms with van der Waals surface area (Å²) in [5.41, 5.74) is 3.05. The minimum absolute atomic E-state index is 0.688. The SMILES string of the molecule is CC1CC2C3CCCCC3CCC2C1CCC1C=Cc2ccccc21. The van der Waals surface area contributed by atoms with E-state index in [9.17, 15) is 0 Å². The van der Waals surface area contributed by atoms with E-state index < -0.39 is 0 Å². The summed E-state index contributed by atoms with van der Waals surface area (Å²) in [6, 6.07) is 9.04. The summed E-state index contributed by atoms with van der Waals surface area (Å²) in [6.45, 7) is 2.58. The van der Waals surface area contributed by atoms with Gasteiger partial charge in [0.15, 0.2) is 0 Å². The van der Waals surface area contributed by atoms with Crippen molar-refractivity contribution in [1.29, 1.82) is 0 Å². The Kier molecular flexibility index (Phi) is 4.27. The molecule has 1 aromatic carbocycles. The van der Waals surface area contributed by atoms with E-state index in [1.807, 2.05) is 0 Å². The van der Waals surface area contributed by atoms with Crippen molar-refractivity contribution < 1.29 is 0 Å². The molecule has 0 heterocycles. The summed E-state index contributed by atoms with van der Waals surface area (Å²) in [7, 11) is 0. The maximum absolute atomic E-state index is 2.58. The Balaban J connectivity index is 1.27. The Morgan fingerprint density at radius 1 is 0.880 bits per heavy atom. The molecule has 7 unspecified atom stereocenters. The normalized spacial score (nSPS) is 42.0. The Labute approximate surface area is 154 Å². The quantitative estimate of drug-likeness (QED) is 0.554. The lowest BCUT2D eigenvalue weighted by molar-refractivity contribution is 0.0569. The zero-order valence-corrected chi connectivity index (χ0v) is 15.9. The van der Waals surface area contributed by atoms with E-state index in [0.717, 1.165) is 35.5 Å². The largest absolute Gasteiger partial charge is 0.0764 e. The second kappa shape index (κ2) is 6.60. The summed E-state index contributed by atoms with van der Waals surface area (Å²) < 4.78 is 0. The van der Waals surface area contributed by atoms with Crippen LogP contribution in [0.3, 0.4) is 0 Å². The highest BCUT2D eigenvalue weighted by Crippen LogP contribution is 2.57. The molecule has 0 aromatic heterocycles. The standard InChI is InChI=1S/C25H34/c1-17-16-25-23-9-5-3-7-19(23)13-15-24(25)21(17)14-12-20-11-10-18-6-2-4-8-22(18)20/h2,4,6,8,10-11,17,19-21,23-25H,3,5,7,9,12-16H2,1H3. The lowest BCUT2D eigenvalue weighted by atomic mass is 9.61. The molecule has 0 nitrogen and oxygen atoms in total. The van der Waals surface area contributed by atoms with Gasteiger partial charge in [0.05, 0.1) is 0 Å².